The Balaban J connectivity index is 1.46. The molecule has 98 valence electrons. The van der Waals surface area contributed by atoms with Gasteiger partial charge in [-0.05, 0) is 56.5 Å². The van der Waals surface area contributed by atoms with Crippen LogP contribution in [0.4, 0.5) is 0 Å². The lowest BCUT2D eigenvalue weighted by atomic mass is 10.1. The van der Waals surface area contributed by atoms with E-state index in [2.05, 4.69) is 22.3 Å². The van der Waals surface area contributed by atoms with E-state index >= 15 is 0 Å². The van der Waals surface area contributed by atoms with Gasteiger partial charge in [-0.15, -0.1) is 0 Å². The molecule has 0 amide bonds. The molecule has 2 saturated heterocycles. The monoisotopic (exact) mass is 264 g/mol. The van der Waals surface area contributed by atoms with Crippen molar-refractivity contribution in [2.24, 2.45) is 0 Å². The Labute approximate surface area is 114 Å². The van der Waals surface area contributed by atoms with E-state index in [0.717, 1.165) is 30.1 Å². The highest BCUT2D eigenvalue weighted by Crippen LogP contribution is 2.27. The lowest BCUT2D eigenvalue weighted by Gasteiger charge is -2.21. The van der Waals surface area contributed by atoms with Crippen molar-refractivity contribution < 1.29 is 0 Å². The van der Waals surface area contributed by atoms with Gasteiger partial charge in [-0.2, -0.15) is 0 Å². The molecule has 18 heavy (non-hydrogen) atoms. The number of benzene rings is 1. The second-order valence-corrected chi connectivity index (χ2v) is 5.91. The Morgan fingerprint density at radius 1 is 1.17 bits per heavy atom. The molecule has 3 heteroatoms. The minimum Gasteiger partial charge on any atom is -0.312 e. The van der Waals surface area contributed by atoms with Crippen LogP contribution in [-0.2, 0) is 6.42 Å². The van der Waals surface area contributed by atoms with Gasteiger partial charge in [-0.1, -0.05) is 23.7 Å². The van der Waals surface area contributed by atoms with Crippen LogP contribution in [0.25, 0.3) is 0 Å². The minimum atomic E-state index is 0.722. The highest BCUT2D eigenvalue weighted by Gasteiger charge is 2.36. The molecule has 0 aromatic heterocycles. The molecule has 1 N–H and O–H groups in total. The number of halogens is 1. The van der Waals surface area contributed by atoms with Crippen LogP contribution >= 0.6 is 11.6 Å². The normalized spacial score (nSPS) is 27.6. The summed E-state index contributed by atoms with van der Waals surface area (Å²) in [5.41, 5.74) is 1.37. The van der Waals surface area contributed by atoms with E-state index in [9.17, 15) is 0 Å². The fraction of sp³-hybridized carbons (Fsp3) is 0.600. The zero-order chi connectivity index (χ0) is 12.4. The highest BCUT2D eigenvalue weighted by molar-refractivity contribution is 6.30. The Hall–Kier alpha value is -0.570. The van der Waals surface area contributed by atoms with Crippen LogP contribution in [0.5, 0.6) is 0 Å². The van der Waals surface area contributed by atoms with E-state index in [1.165, 1.54) is 37.9 Å². The molecule has 0 aliphatic carbocycles. The number of nitrogens with one attached hydrogen (secondary N) is 1. The van der Waals surface area contributed by atoms with Gasteiger partial charge in [-0.25, -0.2) is 0 Å². The lowest BCUT2D eigenvalue weighted by molar-refractivity contribution is 0.299. The fourth-order valence-electron chi connectivity index (χ4n) is 3.37. The third-order valence-electron chi connectivity index (χ3n) is 4.34. The maximum absolute atomic E-state index is 5.89. The summed E-state index contributed by atoms with van der Waals surface area (Å²) in [6.45, 7) is 3.69. The van der Waals surface area contributed by atoms with E-state index in [4.69, 9.17) is 11.6 Å². The van der Waals surface area contributed by atoms with Crippen molar-refractivity contribution in [2.45, 2.75) is 37.8 Å². The molecule has 2 aliphatic rings. The van der Waals surface area contributed by atoms with Crippen LogP contribution in [0.1, 0.15) is 24.8 Å². The van der Waals surface area contributed by atoms with Crippen molar-refractivity contribution in [2.75, 3.05) is 19.6 Å². The maximum atomic E-state index is 5.89. The molecule has 0 radical (unpaired) electrons. The molecule has 2 fully saturated rings. The standard InChI is InChI=1S/C15H21ClN2/c16-13-5-3-12(4-6-13)7-9-17-14-8-11-18-10-1-2-15(14)18/h3-6,14-15,17H,1-2,7-11H2. The molecule has 0 spiro atoms. The first-order valence-electron chi connectivity index (χ1n) is 7.05. The molecule has 2 heterocycles. The molecule has 0 bridgehead atoms. The smallest absolute Gasteiger partial charge is 0.0406 e. The first-order valence-corrected chi connectivity index (χ1v) is 7.42. The Bertz CT molecular complexity index is 390. The summed E-state index contributed by atoms with van der Waals surface area (Å²) >= 11 is 5.89. The van der Waals surface area contributed by atoms with Crippen molar-refractivity contribution in [3.63, 3.8) is 0 Å². The third-order valence-corrected chi connectivity index (χ3v) is 4.59. The van der Waals surface area contributed by atoms with Crippen LogP contribution < -0.4 is 5.32 Å². The molecule has 1 aromatic carbocycles. The van der Waals surface area contributed by atoms with Crippen molar-refractivity contribution in [3.05, 3.63) is 34.9 Å². The highest BCUT2D eigenvalue weighted by atomic mass is 35.5. The van der Waals surface area contributed by atoms with Crippen LogP contribution in [0.15, 0.2) is 24.3 Å². The van der Waals surface area contributed by atoms with Crippen molar-refractivity contribution in [1.29, 1.82) is 0 Å². The van der Waals surface area contributed by atoms with Gasteiger partial charge < -0.3 is 5.32 Å². The van der Waals surface area contributed by atoms with Crippen molar-refractivity contribution in [1.82, 2.24) is 10.2 Å². The summed E-state index contributed by atoms with van der Waals surface area (Å²) in [5.74, 6) is 0. The molecular formula is C15H21ClN2. The average molecular weight is 265 g/mol. The second-order valence-electron chi connectivity index (χ2n) is 5.47. The summed E-state index contributed by atoms with van der Waals surface area (Å²) in [4.78, 5) is 2.65. The quantitative estimate of drug-likeness (QED) is 0.900. The number of hydrogen-bond donors (Lipinski definition) is 1. The van der Waals surface area contributed by atoms with Gasteiger partial charge in [0.1, 0.15) is 0 Å². The predicted molar refractivity (Wildman–Crippen MR) is 76.2 cm³/mol. The zero-order valence-corrected chi connectivity index (χ0v) is 11.5. The zero-order valence-electron chi connectivity index (χ0n) is 10.7. The van der Waals surface area contributed by atoms with Gasteiger partial charge in [0.2, 0.25) is 0 Å². The molecule has 2 aliphatic heterocycles. The molecule has 2 atom stereocenters. The number of hydrogen-bond acceptors (Lipinski definition) is 2. The summed E-state index contributed by atoms with van der Waals surface area (Å²) in [7, 11) is 0. The molecule has 0 saturated carbocycles. The molecule has 1 aromatic rings. The average Bonchev–Trinajstić information content (AvgIpc) is 2.96. The SMILES string of the molecule is Clc1ccc(CCNC2CCN3CCCC23)cc1. The van der Waals surface area contributed by atoms with Gasteiger partial charge in [0.05, 0.1) is 0 Å². The lowest BCUT2D eigenvalue weighted by Crippen LogP contribution is -2.39. The largest absolute Gasteiger partial charge is 0.312 e. The van der Waals surface area contributed by atoms with Crippen molar-refractivity contribution in [3.8, 4) is 0 Å². The fourth-order valence-corrected chi connectivity index (χ4v) is 3.50. The van der Waals surface area contributed by atoms with Gasteiger partial charge in [0.25, 0.3) is 0 Å². The van der Waals surface area contributed by atoms with E-state index in [1.54, 1.807) is 0 Å². The molecular weight excluding hydrogens is 244 g/mol. The van der Waals surface area contributed by atoms with E-state index in [1.807, 2.05) is 12.1 Å². The Morgan fingerprint density at radius 2 is 2.00 bits per heavy atom. The summed E-state index contributed by atoms with van der Waals surface area (Å²) in [6, 6.07) is 9.74. The maximum Gasteiger partial charge on any atom is 0.0406 e. The number of nitrogens with zero attached hydrogens (tertiary/aromatic N) is 1. The molecule has 3 rings (SSSR count). The molecule has 2 nitrogen and oxygen atoms in total. The van der Waals surface area contributed by atoms with Crippen LogP contribution in [-0.4, -0.2) is 36.6 Å². The second kappa shape index (κ2) is 5.60. The predicted octanol–water partition coefficient (Wildman–Crippen LogP) is 2.71. The Morgan fingerprint density at radius 3 is 2.83 bits per heavy atom. The van der Waals surface area contributed by atoms with Gasteiger partial charge >= 0.3 is 0 Å². The van der Waals surface area contributed by atoms with E-state index < -0.39 is 0 Å². The van der Waals surface area contributed by atoms with Crippen LogP contribution in [0.2, 0.25) is 5.02 Å². The summed E-state index contributed by atoms with van der Waals surface area (Å²) in [5, 5.41) is 4.56. The third kappa shape index (κ3) is 2.71. The topological polar surface area (TPSA) is 15.3 Å². The van der Waals surface area contributed by atoms with Crippen LogP contribution in [0, 0.1) is 0 Å². The Kier molecular flexibility index (Phi) is 3.88. The van der Waals surface area contributed by atoms with E-state index in [0.29, 0.717) is 0 Å². The van der Waals surface area contributed by atoms with Crippen molar-refractivity contribution >= 4 is 11.6 Å². The van der Waals surface area contributed by atoms with Gasteiger partial charge in [0.15, 0.2) is 0 Å². The van der Waals surface area contributed by atoms with Gasteiger partial charge in [0, 0.05) is 23.7 Å². The first kappa shape index (κ1) is 12.5. The molecule has 2 unspecified atom stereocenters. The summed E-state index contributed by atoms with van der Waals surface area (Å²) < 4.78 is 0. The summed E-state index contributed by atoms with van der Waals surface area (Å²) in [6.07, 6.45) is 5.20. The number of fused-ring (bicyclic) bond motifs is 1. The first-order chi connectivity index (χ1) is 8.83. The number of rotatable bonds is 4. The minimum absolute atomic E-state index is 0.722. The van der Waals surface area contributed by atoms with Gasteiger partial charge in [-0.3, -0.25) is 4.90 Å². The van der Waals surface area contributed by atoms with E-state index in [-0.39, 0.29) is 0 Å². The van der Waals surface area contributed by atoms with Crippen LogP contribution in [0.3, 0.4) is 0 Å².